The molecule has 1 rings (SSSR count). The Morgan fingerprint density at radius 1 is 1.00 bits per heavy atom. The Bertz CT molecular complexity index is 219. The van der Waals surface area contributed by atoms with E-state index in [1.165, 1.54) is 5.56 Å². The third kappa shape index (κ3) is 9.44. The summed E-state index contributed by atoms with van der Waals surface area (Å²) in [6.07, 6.45) is 1.70. The molecule has 0 heterocycles. The molecule has 0 amide bonds. The predicted octanol–water partition coefficient (Wildman–Crippen LogP) is 2.25. The van der Waals surface area contributed by atoms with Crippen LogP contribution in [0.5, 0.6) is 0 Å². The molecular weight excluding hydrogens is 188 g/mol. The quantitative estimate of drug-likeness (QED) is 0.800. The summed E-state index contributed by atoms with van der Waals surface area (Å²) in [6.45, 7) is 4.76. The van der Waals surface area contributed by atoms with Gasteiger partial charge in [-0.25, -0.2) is 0 Å². The van der Waals surface area contributed by atoms with Gasteiger partial charge in [-0.15, -0.1) is 0 Å². The molecule has 0 radical (unpaired) electrons. The van der Waals surface area contributed by atoms with Crippen LogP contribution in [0.4, 0.5) is 0 Å². The fraction of sp³-hybridized carbons (Fsp3) is 0.538. The first-order valence-corrected chi connectivity index (χ1v) is 5.46. The molecule has 0 aliphatic heterocycles. The molecule has 0 bridgehead atoms. The lowest BCUT2D eigenvalue weighted by Gasteiger charge is -1.95. The van der Waals surface area contributed by atoms with Gasteiger partial charge in [0.25, 0.3) is 0 Å². The Kier molecular flexibility index (Phi) is 9.13. The first kappa shape index (κ1) is 14.1. The average molecular weight is 210 g/mol. The monoisotopic (exact) mass is 210 g/mol. The summed E-state index contributed by atoms with van der Waals surface area (Å²) >= 11 is 0. The largest absolute Gasteiger partial charge is 0.396 e. The van der Waals surface area contributed by atoms with Crippen LogP contribution in [0.15, 0.2) is 30.3 Å². The van der Waals surface area contributed by atoms with Gasteiger partial charge in [0.1, 0.15) is 0 Å². The highest BCUT2D eigenvalue weighted by Gasteiger charge is 1.86. The van der Waals surface area contributed by atoms with E-state index in [9.17, 15) is 0 Å². The molecule has 86 valence electrons. The molecule has 2 heteroatoms. The highest BCUT2D eigenvalue weighted by atomic mass is 16.3. The highest BCUT2D eigenvalue weighted by molar-refractivity contribution is 5.14. The minimum absolute atomic E-state index is 0.240. The van der Waals surface area contributed by atoms with Crippen LogP contribution in [-0.4, -0.2) is 23.4 Å². The van der Waals surface area contributed by atoms with Gasteiger partial charge < -0.3 is 10.2 Å². The van der Waals surface area contributed by atoms with Crippen LogP contribution in [-0.2, 0) is 6.42 Å². The van der Waals surface area contributed by atoms with Gasteiger partial charge in [0.2, 0.25) is 0 Å². The summed E-state index contributed by atoms with van der Waals surface area (Å²) in [4.78, 5) is 0. The lowest BCUT2D eigenvalue weighted by Crippen LogP contribution is -1.89. The summed E-state index contributed by atoms with van der Waals surface area (Å²) < 4.78 is 0. The predicted molar refractivity (Wildman–Crippen MR) is 63.8 cm³/mol. The van der Waals surface area contributed by atoms with Crippen molar-refractivity contribution in [1.82, 2.24) is 0 Å². The molecule has 0 aromatic heterocycles. The fourth-order valence-electron chi connectivity index (χ4n) is 1.03. The van der Waals surface area contributed by atoms with E-state index >= 15 is 0 Å². The standard InChI is InChI=1S/C8H10O.C5H12O/c9-7-6-8-4-2-1-3-5-8;1-5(2)3-4-6/h1-5,9H,6-7H2;5-6H,3-4H2,1-2H3. The van der Waals surface area contributed by atoms with Gasteiger partial charge in [-0.3, -0.25) is 0 Å². The Hall–Kier alpha value is -0.860. The van der Waals surface area contributed by atoms with Crippen molar-refractivity contribution in [1.29, 1.82) is 0 Å². The maximum atomic E-state index is 8.52. The highest BCUT2D eigenvalue weighted by Crippen LogP contribution is 1.97. The molecule has 0 saturated carbocycles. The molecule has 0 fully saturated rings. The van der Waals surface area contributed by atoms with Gasteiger partial charge in [0.05, 0.1) is 0 Å². The Balaban J connectivity index is 0.000000288. The first-order chi connectivity index (χ1) is 7.20. The molecule has 1 aromatic carbocycles. The summed E-state index contributed by atoms with van der Waals surface area (Å²) in [5.74, 6) is 0.648. The van der Waals surface area contributed by atoms with Gasteiger partial charge >= 0.3 is 0 Å². The van der Waals surface area contributed by atoms with E-state index < -0.39 is 0 Å². The molecule has 0 aliphatic carbocycles. The van der Waals surface area contributed by atoms with Crippen molar-refractivity contribution in [3.8, 4) is 0 Å². The SMILES string of the molecule is CC(C)CCO.OCCc1ccccc1. The second kappa shape index (κ2) is 9.69. The van der Waals surface area contributed by atoms with Crippen LogP contribution in [0.2, 0.25) is 0 Å². The fourth-order valence-corrected chi connectivity index (χ4v) is 1.03. The summed E-state index contributed by atoms with van der Waals surface area (Å²) in [7, 11) is 0. The molecule has 0 saturated heterocycles. The van der Waals surface area contributed by atoms with Crippen LogP contribution < -0.4 is 0 Å². The minimum atomic E-state index is 0.240. The van der Waals surface area contributed by atoms with Gasteiger partial charge in [-0.1, -0.05) is 44.2 Å². The van der Waals surface area contributed by atoms with Crippen molar-refractivity contribution in [3.05, 3.63) is 35.9 Å². The molecule has 2 N–H and O–H groups in total. The van der Waals surface area contributed by atoms with Crippen molar-refractivity contribution >= 4 is 0 Å². The van der Waals surface area contributed by atoms with Crippen LogP contribution in [0, 0.1) is 5.92 Å². The lowest BCUT2D eigenvalue weighted by atomic mass is 10.2. The number of rotatable bonds is 4. The van der Waals surface area contributed by atoms with E-state index in [1.807, 2.05) is 30.3 Å². The van der Waals surface area contributed by atoms with Crippen molar-refractivity contribution in [2.45, 2.75) is 26.7 Å². The van der Waals surface area contributed by atoms with Crippen molar-refractivity contribution in [2.75, 3.05) is 13.2 Å². The average Bonchev–Trinajstić information content (AvgIpc) is 2.20. The molecule has 0 unspecified atom stereocenters. The van der Waals surface area contributed by atoms with E-state index in [2.05, 4.69) is 13.8 Å². The maximum Gasteiger partial charge on any atom is 0.0471 e. The van der Waals surface area contributed by atoms with E-state index in [0.717, 1.165) is 12.8 Å². The van der Waals surface area contributed by atoms with Gasteiger partial charge in [0, 0.05) is 13.2 Å². The number of aliphatic hydroxyl groups excluding tert-OH is 2. The zero-order valence-electron chi connectivity index (χ0n) is 9.69. The normalized spacial score (nSPS) is 9.67. The molecule has 1 aromatic rings. The van der Waals surface area contributed by atoms with Gasteiger partial charge in [-0.2, -0.15) is 0 Å². The van der Waals surface area contributed by atoms with Crippen LogP contribution in [0.1, 0.15) is 25.8 Å². The summed E-state index contributed by atoms with van der Waals surface area (Å²) in [6, 6.07) is 9.95. The third-order valence-corrected chi connectivity index (χ3v) is 1.95. The van der Waals surface area contributed by atoms with E-state index in [-0.39, 0.29) is 6.61 Å². The zero-order chi connectivity index (χ0) is 11.5. The number of benzene rings is 1. The molecule has 2 nitrogen and oxygen atoms in total. The van der Waals surface area contributed by atoms with Gasteiger partial charge in [0.15, 0.2) is 0 Å². The van der Waals surface area contributed by atoms with Gasteiger partial charge in [-0.05, 0) is 24.3 Å². The van der Waals surface area contributed by atoms with E-state index in [1.54, 1.807) is 0 Å². The van der Waals surface area contributed by atoms with Crippen molar-refractivity contribution in [3.63, 3.8) is 0 Å². The van der Waals surface area contributed by atoms with Crippen LogP contribution in [0.3, 0.4) is 0 Å². The molecule has 0 aliphatic rings. The second-order valence-corrected chi connectivity index (χ2v) is 3.87. The first-order valence-electron chi connectivity index (χ1n) is 5.46. The van der Waals surface area contributed by atoms with Crippen LogP contribution in [0.25, 0.3) is 0 Å². The van der Waals surface area contributed by atoms with Crippen molar-refractivity contribution in [2.24, 2.45) is 5.92 Å². The Morgan fingerprint density at radius 2 is 1.60 bits per heavy atom. The third-order valence-electron chi connectivity index (χ3n) is 1.95. The molecule has 0 spiro atoms. The Morgan fingerprint density at radius 3 is 1.93 bits per heavy atom. The zero-order valence-corrected chi connectivity index (χ0v) is 9.69. The number of hydrogen-bond donors (Lipinski definition) is 2. The molecular formula is C13H22O2. The maximum absolute atomic E-state index is 8.52. The van der Waals surface area contributed by atoms with E-state index in [0.29, 0.717) is 12.5 Å². The summed E-state index contributed by atoms with van der Waals surface area (Å²) in [5.41, 5.74) is 1.19. The summed E-state index contributed by atoms with van der Waals surface area (Å²) in [5, 5.41) is 16.8. The van der Waals surface area contributed by atoms with Crippen LogP contribution >= 0.6 is 0 Å². The van der Waals surface area contributed by atoms with E-state index in [4.69, 9.17) is 10.2 Å². The van der Waals surface area contributed by atoms with Crippen molar-refractivity contribution < 1.29 is 10.2 Å². The number of hydrogen-bond acceptors (Lipinski definition) is 2. The smallest absolute Gasteiger partial charge is 0.0471 e. The second-order valence-electron chi connectivity index (χ2n) is 3.87. The lowest BCUT2D eigenvalue weighted by molar-refractivity contribution is 0.268. The number of aliphatic hydroxyl groups is 2. The topological polar surface area (TPSA) is 40.5 Å². The molecule has 0 atom stereocenters. The minimum Gasteiger partial charge on any atom is -0.396 e. The Labute approximate surface area is 92.6 Å². The molecule has 15 heavy (non-hydrogen) atoms.